The number of fused-ring (bicyclic) bond motifs is 1. The molecule has 1 saturated heterocycles. The molecule has 13 heteroatoms. The number of carboxylic acid groups (broad SMARTS) is 1. The summed E-state index contributed by atoms with van der Waals surface area (Å²) in [5.74, 6) is -2.97. The number of aromatic nitrogens is 2. The zero-order valence-electron chi connectivity index (χ0n) is 25.0. The number of methoxy groups -OCH3 is 1. The van der Waals surface area contributed by atoms with Gasteiger partial charge in [0.15, 0.2) is 5.82 Å². The Kier molecular flexibility index (Phi) is 8.65. The minimum atomic E-state index is -1.09. The molecule has 0 bridgehead atoms. The predicted molar refractivity (Wildman–Crippen MR) is 171 cm³/mol. The third kappa shape index (κ3) is 5.77. The van der Waals surface area contributed by atoms with Gasteiger partial charge in [0.05, 0.1) is 22.9 Å². The number of halogens is 2. The lowest BCUT2D eigenvalue weighted by Gasteiger charge is -2.40. The Morgan fingerprint density at radius 1 is 1.02 bits per heavy atom. The molecule has 238 valence electrons. The molecule has 1 atom stereocenters. The Hall–Kier alpha value is -4.94. The van der Waals surface area contributed by atoms with Crippen molar-refractivity contribution in [3.8, 4) is 5.69 Å². The molecule has 0 spiro atoms. The number of rotatable bonds is 7. The molecule has 4 aromatic rings. The van der Waals surface area contributed by atoms with Gasteiger partial charge in [0, 0.05) is 38.1 Å². The molecule has 6 rings (SSSR count). The van der Waals surface area contributed by atoms with Crippen LogP contribution in [0.5, 0.6) is 0 Å². The first-order chi connectivity index (χ1) is 22.2. The molecule has 3 aromatic carbocycles. The highest BCUT2D eigenvalue weighted by molar-refractivity contribution is 6.30. The molecule has 1 fully saturated rings. The third-order valence-corrected chi connectivity index (χ3v) is 8.91. The van der Waals surface area contributed by atoms with Crippen molar-refractivity contribution < 1.29 is 28.6 Å². The van der Waals surface area contributed by atoms with Gasteiger partial charge in [-0.1, -0.05) is 29.8 Å². The molecule has 0 aliphatic carbocycles. The van der Waals surface area contributed by atoms with Crippen LogP contribution in [0.2, 0.25) is 5.02 Å². The van der Waals surface area contributed by atoms with Gasteiger partial charge in [0.25, 0.3) is 11.8 Å². The van der Waals surface area contributed by atoms with E-state index in [1.54, 1.807) is 13.2 Å². The zero-order valence-corrected chi connectivity index (χ0v) is 25.7. The number of carboxylic acids is 1. The highest BCUT2D eigenvalue weighted by Crippen LogP contribution is 2.39. The summed E-state index contributed by atoms with van der Waals surface area (Å²) in [6.45, 7) is 1.78. The van der Waals surface area contributed by atoms with Crippen LogP contribution < -0.4 is 16.0 Å². The summed E-state index contributed by atoms with van der Waals surface area (Å²) in [6.07, 6.45) is 3.68. The number of amides is 2. The summed E-state index contributed by atoms with van der Waals surface area (Å²) >= 11 is 5.97. The van der Waals surface area contributed by atoms with Crippen LogP contribution in [0.4, 0.5) is 21.6 Å². The maximum atomic E-state index is 14.8. The minimum absolute atomic E-state index is 0.00392. The number of nitrogen functional groups attached to an aromatic ring is 1. The number of carbonyl (C=O) groups is 3. The van der Waals surface area contributed by atoms with E-state index in [1.165, 1.54) is 47.5 Å². The molecule has 0 unspecified atom stereocenters. The van der Waals surface area contributed by atoms with Crippen LogP contribution in [0.3, 0.4) is 0 Å². The number of nitrogens with zero attached hydrogens (tertiary/aromatic N) is 4. The molecule has 2 aliphatic rings. The van der Waals surface area contributed by atoms with Gasteiger partial charge < -0.3 is 30.7 Å². The number of hydrogen-bond donors (Lipinski definition) is 3. The first kappa shape index (κ1) is 31.1. The SMILES string of the molecule is COC1CCN(c2cccc3c2CCN(C(=O)c2cnn(-c4cccc(Cl)c4F)c2N)[C@H]3C(=O)Nc2ccc(C(=O)O)cc2)CC1. The van der Waals surface area contributed by atoms with Gasteiger partial charge in [-0.2, -0.15) is 5.10 Å². The third-order valence-electron chi connectivity index (χ3n) is 8.62. The van der Waals surface area contributed by atoms with E-state index in [0.717, 1.165) is 41.9 Å². The normalized spacial score (nSPS) is 16.6. The van der Waals surface area contributed by atoms with Crippen molar-refractivity contribution in [1.82, 2.24) is 14.7 Å². The lowest BCUT2D eigenvalue weighted by atomic mass is 9.89. The molecular formula is C33H32ClFN6O5. The number of hydrogen-bond acceptors (Lipinski definition) is 7. The molecule has 3 heterocycles. The van der Waals surface area contributed by atoms with Crippen LogP contribution >= 0.6 is 11.6 Å². The van der Waals surface area contributed by atoms with E-state index in [2.05, 4.69) is 15.3 Å². The molecule has 2 aliphatic heterocycles. The standard InChI is InChI=1S/C33H32ClFN6O5/c1-46-21-12-15-39(16-13-21)26-6-2-4-23-22(26)14-17-40(29(23)31(42)38-20-10-8-19(9-11-20)33(44)45)32(43)24-18-37-41(30(24)36)27-7-3-5-25(34)28(27)35/h2-11,18,21,29H,12-17,36H2,1H3,(H,38,42)(H,44,45)/t29-/m1/s1. The quantitative estimate of drug-likeness (QED) is 0.256. The summed E-state index contributed by atoms with van der Waals surface area (Å²) in [7, 11) is 1.72. The van der Waals surface area contributed by atoms with Crippen LogP contribution in [0.25, 0.3) is 5.69 Å². The molecule has 4 N–H and O–H groups in total. The van der Waals surface area contributed by atoms with Crippen LogP contribution in [-0.4, -0.2) is 70.4 Å². The fourth-order valence-corrected chi connectivity index (χ4v) is 6.38. The molecule has 2 amide bonds. The Morgan fingerprint density at radius 2 is 1.72 bits per heavy atom. The number of carbonyl (C=O) groups excluding carboxylic acids is 2. The summed E-state index contributed by atoms with van der Waals surface area (Å²) in [5.41, 5.74) is 9.43. The summed E-state index contributed by atoms with van der Waals surface area (Å²) < 4.78 is 21.5. The highest BCUT2D eigenvalue weighted by Gasteiger charge is 2.39. The summed E-state index contributed by atoms with van der Waals surface area (Å²) in [6, 6.07) is 14.8. The van der Waals surface area contributed by atoms with Crippen LogP contribution in [0, 0.1) is 5.82 Å². The number of piperidine rings is 1. The second kappa shape index (κ2) is 12.8. The Morgan fingerprint density at radius 3 is 2.41 bits per heavy atom. The van der Waals surface area contributed by atoms with E-state index in [-0.39, 0.29) is 40.3 Å². The average molecular weight is 647 g/mol. The van der Waals surface area contributed by atoms with E-state index < -0.39 is 29.6 Å². The summed E-state index contributed by atoms with van der Waals surface area (Å²) in [4.78, 5) is 43.3. The fraction of sp³-hybridized carbons (Fsp3) is 0.273. The first-order valence-corrected chi connectivity index (χ1v) is 15.2. The van der Waals surface area contributed by atoms with E-state index in [0.29, 0.717) is 17.7 Å². The molecule has 46 heavy (non-hydrogen) atoms. The zero-order chi connectivity index (χ0) is 32.5. The molecular weight excluding hydrogens is 615 g/mol. The van der Waals surface area contributed by atoms with Gasteiger partial charge in [0.2, 0.25) is 0 Å². The van der Waals surface area contributed by atoms with Crippen molar-refractivity contribution >= 4 is 46.6 Å². The Labute approximate surface area is 269 Å². The highest BCUT2D eigenvalue weighted by atomic mass is 35.5. The monoisotopic (exact) mass is 646 g/mol. The van der Waals surface area contributed by atoms with E-state index in [4.69, 9.17) is 22.1 Å². The lowest BCUT2D eigenvalue weighted by Crippen LogP contribution is -2.46. The van der Waals surface area contributed by atoms with Crippen molar-refractivity contribution in [2.24, 2.45) is 0 Å². The molecule has 0 saturated carbocycles. The van der Waals surface area contributed by atoms with E-state index in [9.17, 15) is 23.9 Å². The number of ether oxygens (including phenoxy) is 1. The average Bonchev–Trinajstić information content (AvgIpc) is 3.45. The molecule has 11 nitrogen and oxygen atoms in total. The maximum Gasteiger partial charge on any atom is 0.335 e. The van der Waals surface area contributed by atoms with Crippen LogP contribution in [-0.2, 0) is 16.0 Å². The van der Waals surface area contributed by atoms with Crippen molar-refractivity contribution in [2.75, 3.05) is 42.7 Å². The van der Waals surface area contributed by atoms with Gasteiger partial charge in [-0.15, -0.1) is 0 Å². The maximum absolute atomic E-state index is 14.8. The Balaban J connectivity index is 1.37. The number of benzene rings is 3. The van der Waals surface area contributed by atoms with Crippen LogP contribution in [0.1, 0.15) is 50.7 Å². The number of nitrogens with two attached hydrogens (primary N) is 1. The van der Waals surface area contributed by atoms with Gasteiger partial charge in [-0.25, -0.2) is 13.9 Å². The topological polar surface area (TPSA) is 143 Å². The van der Waals surface area contributed by atoms with Crippen molar-refractivity contribution in [3.63, 3.8) is 0 Å². The van der Waals surface area contributed by atoms with Crippen molar-refractivity contribution in [3.05, 3.63) is 100.0 Å². The molecule has 0 radical (unpaired) electrons. The Bertz CT molecular complexity index is 1800. The van der Waals surface area contributed by atoms with E-state index in [1.807, 2.05) is 18.2 Å². The minimum Gasteiger partial charge on any atom is -0.478 e. The first-order valence-electron chi connectivity index (χ1n) is 14.8. The summed E-state index contributed by atoms with van der Waals surface area (Å²) in [5, 5.41) is 16.2. The van der Waals surface area contributed by atoms with Crippen LogP contribution in [0.15, 0.2) is 66.9 Å². The van der Waals surface area contributed by atoms with Gasteiger partial charge in [-0.3, -0.25) is 9.59 Å². The molecule has 1 aromatic heterocycles. The number of anilines is 3. The second-order valence-electron chi connectivity index (χ2n) is 11.2. The van der Waals surface area contributed by atoms with Gasteiger partial charge >= 0.3 is 5.97 Å². The predicted octanol–water partition coefficient (Wildman–Crippen LogP) is 4.94. The fourth-order valence-electron chi connectivity index (χ4n) is 6.21. The smallest absolute Gasteiger partial charge is 0.335 e. The number of nitrogens with one attached hydrogen (secondary N) is 1. The number of aromatic carboxylic acids is 1. The van der Waals surface area contributed by atoms with Crippen molar-refractivity contribution in [1.29, 1.82) is 0 Å². The van der Waals surface area contributed by atoms with Crippen molar-refractivity contribution in [2.45, 2.75) is 31.4 Å². The second-order valence-corrected chi connectivity index (χ2v) is 11.6. The lowest BCUT2D eigenvalue weighted by molar-refractivity contribution is -0.121. The van der Waals surface area contributed by atoms with E-state index >= 15 is 0 Å². The largest absolute Gasteiger partial charge is 0.478 e. The van der Waals surface area contributed by atoms with Gasteiger partial charge in [0.1, 0.15) is 23.1 Å². The van der Waals surface area contributed by atoms with Gasteiger partial charge in [-0.05, 0) is 72.9 Å².